The van der Waals surface area contributed by atoms with Crippen LogP contribution in [-0.4, -0.2) is 11.2 Å². The van der Waals surface area contributed by atoms with Gasteiger partial charge in [0, 0.05) is 10.9 Å². The van der Waals surface area contributed by atoms with E-state index in [1.165, 1.54) is 18.2 Å². The number of rotatable bonds is 3. The van der Waals surface area contributed by atoms with Crippen molar-refractivity contribution in [2.45, 2.75) is 6.42 Å². The van der Waals surface area contributed by atoms with Crippen molar-refractivity contribution in [3.05, 3.63) is 35.1 Å². The molecule has 1 rings (SSSR count). The predicted octanol–water partition coefficient (Wildman–Crippen LogP) is 1.86. The topological polar surface area (TPSA) is 43.1 Å². The van der Waals surface area contributed by atoms with E-state index in [1.807, 2.05) is 0 Å². The quantitative estimate of drug-likeness (QED) is 0.812. The predicted molar refractivity (Wildman–Crippen MR) is 52.4 cm³/mol. The monoisotopic (exact) mass is 245 g/mol. The maximum absolute atomic E-state index is 12.8. The van der Waals surface area contributed by atoms with Crippen molar-refractivity contribution in [1.29, 1.82) is 0 Å². The Morgan fingerprint density at radius 2 is 2.23 bits per heavy atom. The van der Waals surface area contributed by atoms with Crippen LogP contribution in [0.25, 0.3) is 0 Å². The van der Waals surface area contributed by atoms with Crippen molar-refractivity contribution >= 4 is 21.8 Å². The first kappa shape index (κ1) is 10.2. The molecule has 0 bridgehead atoms. The average Bonchev–Trinajstić information content (AvgIpc) is 2.04. The zero-order chi connectivity index (χ0) is 9.84. The molecule has 1 aromatic carbocycles. The lowest BCUT2D eigenvalue weighted by molar-refractivity contribution is 0.0999. The Kier molecular flexibility index (Phi) is 3.42. The fraction of sp³-hybridized carbons (Fsp3) is 0.222. The van der Waals surface area contributed by atoms with Crippen LogP contribution in [0.5, 0.6) is 0 Å². The number of carbonyl (C=O) groups excluding carboxylic acids is 1. The molecule has 2 N–H and O–H groups in total. The lowest BCUT2D eigenvalue weighted by Crippen LogP contribution is -2.14. The highest BCUT2D eigenvalue weighted by atomic mass is 79.9. The molecule has 4 heteroatoms. The van der Waals surface area contributed by atoms with Crippen molar-refractivity contribution in [3.63, 3.8) is 0 Å². The Hall–Kier alpha value is -0.900. The van der Waals surface area contributed by atoms with Crippen LogP contribution in [0.15, 0.2) is 18.2 Å². The standard InChI is InChI=1S/C9H9BrFNO/c10-4-3-6-5-7(11)1-2-8(6)9(12)13/h1-2,5H,3-4H2,(H2,12,13). The van der Waals surface area contributed by atoms with Gasteiger partial charge >= 0.3 is 0 Å². The minimum atomic E-state index is -0.518. The molecule has 0 aliphatic rings. The van der Waals surface area contributed by atoms with E-state index in [9.17, 15) is 9.18 Å². The van der Waals surface area contributed by atoms with Crippen molar-refractivity contribution in [2.75, 3.05) is 5.33 Å². The number of benzene rings is 1. The van der Waals surface area contributed by atoms with Gasteiger partial charge in [-0.3, -0.25) is 4.79 Å². The van der Waals surface area contributed by atoms with Gasteiger partial charge in [0.15, 0.2) is 0 Å². The molecule has 0 atom stereocenters. The maximum Gasteiger partial charge on any atom is 0.248 e. The highest BCUT2D eigenvalue weighted by Crippen LogP contribution is 2.12. The van der Waals surface area contributed by atoms with E-state index in [2.05, 4.69) is 15.9 Å². The largest absolute Gasteiger partial charge is 0.366 e. The number of amides is 1. The lowest BCUT2D eigenvalue weighted by atomic mass is 10.0. The van der Waals surface area contributed by atoms with Crippen LogP contribution in [0, 0.1) is 5.82 Å². The number of alkyl halides is 1. The minimum Gasteiger partial charge on any atom is -0.366 e. The molecule has 0 spiro atoms. The van der Waals surface area contributed by atoms with E-state index >= 15 is 0 Å². The molecule has 0 radical (unpaired) electrons. The third-order valence-corrected chi connectivity index (χ3v) is 2.09. The number of primary amides is 1. The van der Waals surface area contributed by atoms with Gasteiger partial charge < -0.3 is 5.73 Å². The number of nitrogens with two attached hydrogens (primary N) is 1. The first-order valence-electron chi connectivity index (χ1n) is 3.79. The Morgan fingerprint density at radius 1 is 1.54 bits per heavy atom. The summed E-state index contributed by atoms with van der Waals surface area (Å²) in [4.78, 5) is 10.9. The van der Waals surface area contributed by atoms with Crippen LogP contribution in [0.2, 0.25) is 0 Å². The fourth-order valence-electron chi connectivity index (χ4n) is 1.11. The molecule has 0 aromatic heterocycles. The summed E-state index contributed by atoms with van der Waals surface area (Å²) < 4.78 is 12.8. The van der Waals surface area contributed by atoms with Crippen LogP contribution >= 0.6 is 15.9 Å². The molecule has 0 aliphatic carbocycles. The molecule has 0 heterocycles. The summed E-state index contributed by atoms with van der Waals surface area (Å²) >= 11 is 3.22. The fourth-order valence-corrected chi connectivity index (χ4v) is 1.54. The molecule has 70 valence electrons. The summed E-state index contributed by atoms with van der Waals surface area (Å²) in [6.45, 7) is 0. The van der Waals surface area contributed by atoms with E-state index in [-0.39, 0.29) is 5.82 Å². The molecular formula is C9H9BrFNO. The van der Waals surface area contributed by atoms with Gasteiger partial charge in [-0.2, -0.15) is 0 Å². The van der Waals surface area contributed by atoms with Crippen LogP contribution in [0.3, 0.4) is 0 Å². The molecule has 0 saturated heterocycles. The molecule has 1 amide bonds. The van der Waals surface area contributed by atoms with Gasteiger partial charge in [0.25, 0.3) is 0 Å². The second-order valence-electron chi connectivity index (χ2n) is 2.60. The molecule has 13 heavy (non-hydrogen) atoms. The summed E-state index contributed by atoms with van der Waals surface area (Å²) in [7, 11) is 0. The lowest BCUT2D eigenvalue weighted by Gasteiger charge is -2.04. The highest BCUT2D eigenvalue weighted by molar-refractivity contribution is 9.09. The maximum atomic E-state index is 12.8. The Labute approximate surface area is 84.1 Å². The van der Waals surface area contributed by atoms with Crippen molar-refractivity contribution < 1.29 is 9.18 Å². The van der Waals surface area contributed by atoms with Crippen molar-refractivity contribution in [2.24, 2.45) is 5.73 Å². The van der Waals surface area contributed by atoms with Gasteiger partial charge in [0.1, 0.15) is 5.82 Å². The number of halogens is 2. The van der Waals surface area contributed by atoms with Crippen LogP contribution in [0.1, 0.15) is 15.9 Å². The molecule has 2 nitrogen and oxygen atoms in total. The summed E-state index contributed by atoms with van der Waals surface area (Å²) in [6.07, 6.45) is 0.593. The second-order valence-corrected chi connectivity index (χ2v) is 3.40. The normalized spacial score (nSPS) is 10.0. The zero-order valence-electron chi connectivity index (χ0n) is 6.89. The van der Waals surface area contributed by atoms with Gasteiger partial charge in [0.2, 0.25) is 5.91 Å². The van der Waals surface area contributed by atoms with E-state index in [0.29, 0.717) is 22.9 Å². The van der Waals surface area contributed by atoms with E-state index in [0.717, 1.165) is 0 Å². The number of aryl methyl sites for hydroxylation is 1. The van der Waals surface area contributed by atoms with E-state index in [4.69, 9.17) is 5.73 Å². The van der Waals surface area contributed by atoms with Crippen molar-refractivity contribution in [3.8, 4) is 0 Å². The van der Waals surface area contributed by atoms with Gasteiger partial charge in [-0.1, -0.05) is 15.9 Å². The van der Waals surface area contributed by atoms with Crippen LogP contribution in [-0.2, 0) is 6.42 Å². The molecule has 1 aromatic rings. The van der Waals surface area contributed by atoms with E-state index in [1.54, 1.807) is 0 Å². The Bertz CT molecular complexity index is 327. The molecular weight excluding hydrogens is 237 g/mol. The number of carbonyl (C=O) groups is 1. The molecule has 0 aliphatic heterocycles. The van der Waals surface area contributed by atoms with Gasteiger partial charge in [-0.25, -0.2) is 4.39 Å². The van der Waals surface area contributed by atoms with Crippen molar-refractivity contribution in [1.82, 2.24) is 0 Å². The summed E-state index contributed by atoms with van der Waals surface area (Å²) in [5.74, 6) is -0.864. The minimum absolute atomic E-state index is 0.346. The van der Waals surface area contributed by atoms with Crippen LogP contribution in [0.4, 0.5) is 4.39 Å². The summed E-state index contributed by atoms with van der Waals surface area (Å²) in [5.41, 5.74) is 6.15. The summed E-state index contributed by atoms with van der Waals surface area (Å²) in [5, 5.41) is 0.677. The number of hydrogen-bond acceptors (Lipinski definition) is 1. The third-order valence-electron chi connectivity index (χ3n) is 1.70. The van der Waals surface area contributed by atoms with Gasteiger partial charge in [-0.05, 0) is 30.2 Å². The first-order chi connectivity index (χ1) is 6.15. The summed E-state index contributed by atoms with van der Waals surface area (Å²) in [6, 6.07) is 3.98. The molecule has 0 unspecified atom stereocenters. The molecule has 0 saturated carbocycles. The number of hydrogen-bond donors (Lipinski definition) is 1. The van der Waals surface area contributed by atoms with E-state index < -0.39 is 5.91 Å². The van der Waals surface area contributed by atoms with Gasteiger partial charge in [0.05, 0.1) is 0 Å². The van der Waals surface area contributed by atoms with Gasteiger partial charge in [-0.15, -0.1) is 0 Å². The van der Waals surface area contributed by atoms with Crippen LogP contribution < -0.4 is 5.73 Å². The third kappa shape index (κ3) is 2.52. The average molecular weight is 246 g/mol. The Balaban J connectivity index is 3.10. The Morgan fingerprint density at radius 3 is 2.77 bits per heavy atom. The highest BCUT2D eigenvalue weighted by Gasteiger charge is 2.07. The first-order valence-corrected chi connectivity index (χ1v) is 4.91. The SMILES string of the molecule is NC(=O)c1ccc(F)cc1CCBr. The molecule has 0 fully saturated rings. The zero-order valence-corrected chi connectivity index (χ0v) is 8.47. The smallest absolute Gasteiger partial charge is 0.248 e. The second kappa shape index (κ2) is 4.37.